The van der Waals surface area contributed by atoms with E-state index in [0.717, 1.165) is 38.2 Å². The second-order valence-corrected chi connectivity index (χ2v) is 9.98. The molecule has 2 aromatic rings. The van der Waals surface area contributed by atoms with E-state index in [2.05, 4.69) is 38.3 Å². The van der Waals surface area contributed by atoms with E-state index >= 15 is 0 Å². The standard InChI is InChI=1S/C26H31FN6O2/c27-19-9-6-17(7-10-19)23-24-28-25(34)21-11-8-18(16-22(21)33(24)30-29-23)26(35)32-14-12-31(13-15-32)20-4-2-1-3-5-20/h1-7,9-10,18,21-24,29-30H,8,11-16H2,(H,28,34). The summed E-state index contributed by atoms with van der Waals surface area (Å²) in [5.41, 5.74) is 8.59. The van der Waals surface area contributed by atoms with Crippen LogP contribution in [0.5, 0.6) is 0 Å². The van der Waals surface area contributed by atoms with E-state index in [9.17, 15) is 14.0 Å². The molecule has 2 amide bonds. The van der Waals surface area contributed by atoms with E-state index in [4.69, 9.17) is 0 Å². The molecule has 184 valence electrons. The number of carbonyl (C=O) groups excluding carboxylic acids is 2. The van der Waals surface area contributed by atoms with Gasteiger partial charge >= 0.3 is 0 Å². The van der Waals surface area contributed by atoms with Crippen LogP contribution in [0.1, 0.15) is 30.9 Å². The van der Waals surface area contributed by atoms with E-state index in [0.29, 0.717) is 12.8 Å². The Hall–Kier alpha value is -3.01. The summed E-state index contributed by atoms with van der Waals surface area (Å²) >= 11 is 0. The van der Waals surface area contributed by atoms with Crippen LogP contribution in [0.15, 0.2) is 54.6 Å². The lowest BCUT2D eigenvalue weighted by Crippen LogP contribution is -2.66. The lowest BCUT2D eigenvalue weighted by atomic mass is 9.75. The Morgan fingerprint density at radius 3 is 2.43 bits per heavy atom. The first-order valence-corrected chi connectivity index (χ1v) is 12.5. The number of halogens is 1. The van der Waals surface area contributed by atoms with Crippen LogP contribution in [-0.4, -0.2) is 60.1 Å². The van der Waals surface area contributed by atoms with Crippen molar-refractivity contribution >= 4 is 17.5 Å². The number of hydrogen-bond acceptors (Lipinski definition) is 6. The lowest BCUT2D eigenvalue weighted by Gasteiger charge is -2.47. The van der Waals surface area contributed by atoms with E-state index in [1.807, 2.05) is 23.1 Å². The molecule has 3 aliphatic heterocycles. The van der Waals surface area contributed by atoms with Crippen molar-refractivity contribution in [3.05, 3.63) is 66.0 Å². The van der Waals surface area contributed by atoms with Crippen LogP contribution in [0.4, 0.5) is 10.1 Å². The average molecular weight is 479 g/mol. The SMILES string of the molecule is O=C1NC2C(c3ccc(F)cc3)NNN2C2CC(C(=O)N3CCN(c4ccccc4)CC3)CCC12. The Morgan fingerprint density at radius 2 is 1.69 bits per heavy atom. The molecule has 3 heterocycles. The summed E-state index contributed by atoms with van der Waals surface area (Å²) in [4.78, 5) is 30.8. The lowest BCUT2D eigenvalue weighted by molar-refractivity contribution is -0.147. The molecule has 3 saturated heterocycles. The molecule has 1 aliphatic carbocycles. The molecule has 0 bridgehead atoms. The van der Waals surface area contributed by atoms with Gasteiger partial charge in [-0.1, -0.05) is 30.3 Å². The van der Waals surface area contributed by atoms with Gasteiger partial charge in [0.25, 0.3) is 0 Å². The van der Waals surface area contributed by atoms with Gasteiger partial charge in [-0.2, -0.15) is 5.53 Å². The van der Waals surface area contributed by atoms with Crippen LogP contribution in [0, 0.1) is 17.7 Å². The highest BCUT2D eigenvalue weighted by Crippen LogP contribution is 2.39. The fourth-order valence-corrected chi connectivity index (χ4v) is 6.15. The maximum atomic E-state index is 13.5. The Balaban J connectivity index is 1.12. The molecular formula is C26H31FN6O2. The first kappa shape index (κ1) is 22.5. The number of carbonyl (C=O) groups is 2. The summed E-state index contributed by atoms with van der Waals surface area (Å²) in [6.07, 6.45) is 1.79. The molecule has 3 N–H and O–H groups in total. The molecule has 2 aromatic carbocycles. The Labute approximate surface area is 204 Å². The molecule has 8 nitrogen and oxygen atoms in total. The fraction of sp³-hybridized carbons (Fsp3) is 0.462. The van der Waals surface area contributed by atoms with Crippen LogP contribution in [-0.2, 0) is 9.59 Å². The number of benzene rings is 2. The van der Waals surface area contributed by atoms with Crippen molar-refractivity contribution in [1.29, 1.82) is 0 Å². The molecule has 1 saturated carbocycles. The summed E-state index contributed by atoms with van der Waals surface area (Å²) < 4.78 is 13.4. The van der Waals surface area contributed by atoms with Crippen LogP contribution < -0.4 is 21.2 Å². The topological polar surface area (TPSA) is 79.9 Å². The molecule has 4 aliphatic rings. The van der Waals surface area contributed by atoms with Gasteiger partial charge in [0, 0.05) is 43.8 Å². The van der Waals surface area contributed by atoms with Crippen LogP contribution >= 0.6 is 0 Å². The zero-order chi connectivity index (χ0) is 23.9. The first-order chi connectivity index (χ1) is 17.1. The molecular weight excluding hydrogens is 447 g/mol. The summed E-state index contributed by atoms with van der Waals surface area (Å²) in [5, 5.41) is 5.20. The summed E-state index contributed by atoms with van der Waals surface area (Å²) in [5.74, 6) is -0.274. The van der Waals surface area contributed by atoms with Gasteiger partial charge in [-0.3, -0.25) is 9.59 Å². The normalized spacial score (nSPS) is 31.0. The fourth-order valence-electron chi connectivity index (χ4n) is 6.15. The molecule has 6 rings (SSSR count). The molecule has 0 spiro atoms. The highest BCUT2D eigenvalue weighted by molar-refractivity contribution is 5.83. The van der Waals surface area contributed by atoms with Gasteiger partial charge in [0.1, 0.15) is 12.0 Å². The third kappa shape index (κ3) is 4.17. The number of hydrogen-bond donors (Lipinski definition) is 3. The summed E-state index contributed by atoms with van der Waals surface area (Å²) in [7, 11) is 0. The molecule has 0 aromatic heterocycles. The highest BCUT2D eigenvalue weighted by Gasteiger charge is 2.51. The van der Waals surface area contributed by atoms with Crippen molar-refractivity contribution in [2.45, 2.75) is 37.5 Å². The van der Waals surface area contributed by atoms with E-state index in [1.165, 1.54) is 17.8 Å². The molecule has 0 radical (unpaired) electrons. The number of para-hydroxylation sites is 1. The average Bonchev–Trinajstić information content (AvgIpc) is 3.33. The zero-order valence-electron chi connectivity index (χ0n) is 19.6. The van der Waals surface area contributed by atoms with Crippen molar-refractivity contribution in [1.82, 2.24) is 26.2 Å². The van der Waals surface area contributed by atoms with Crippen molar-refractivity contribution in [3.8, 4) is 0 Å². The minimum absolute atomic E-state index is 0.0382. The van der Waals surface area contributed by atoms with Gasteiger partial charge in [-0.15, -0.1) is 0 Å². The van der Waals surface area contributed by atoms with Crippen molar-refractivity contribution in [3.63, 3.8) is 0 Å². The second kappa shape index (κ2) is 9.22. The van der Waals surface area contributed by atoms with E-state index in [1.54, 1.807) is 12.1 Å². The van der Waals surface area contributed by atoms with Gasteiger partial charge in [0.2, 0.25) is 11.8 Å². The highest BCUT2D eigenvalue weighted by atomic mass is 19.1. The van der Waals surface area contributed by atoms with Crippen molar-refractivity contribution in [2.24, 2.45) is 11.8 Å². The third-order valence-electron chi connectivity index (χ3n) is 8.06. The van der Waals surface area contributed by atoms with Crippen LogP contribution in [0.2, 0.25) is 0 Å². The predicted molar refractivity (Wildman–Crippen MR) is 129 cm³/mol. The monoisotopic (exact) mass is 478 g/mol. The summed E-state index contributed by atoms with van der Waals surface area (Å²) in [6.45, 7) is 3.10. The molecule has 35 heavy (non-hydrogen) atoms. The minimum atomic E-state index is -0.294. The van der Waals surface area contributed by atoms with E-state index < -0.39 is 0 Å². The minimum Gasteiger partial charge on any atom is -0.368 e. The quantitative estimate of drug-likeness (QED) is 0.624. The molecule has 9 heteroatoms. The Morgan fingerprint density at radius 1 is 0.943 bits per heavy atom. The predicted octanol–water partition coefficient (Wildman–Crippen LogP) is 1.78. The number of nitrogens with one attached hydrogen (secondary N) is 3. The number of anilines is 1. The number of hydrazine groups is 2. The van der Waals surface area contributed by atoms with Gasteiger partial charge in [0.05, 0.1) is 12.0 Å². The van der Waals surface area contributed by atoms with Gasteiger partial charge in [0.15, 0.2) is 0 Å². The number of fused-ring (bicyclic) bond motifs is 3. The number of nitrogens with zero attached hydrogens (tertiary/aromatic N) is 3. The van der Waals surface area contributed by atoms with Gasteiger partial charge < -0.3 is 15.1 Å². The van der Waals surface area contributed by atoms with Crippen molar-refractivity contribution < 1.29 is 14.0 Å². The van der Waals surface area contributed by atoms with E-state index in [-0.39, 0.29) is 47.7 Å². The first-order valence-electron chi connectivity index (χ1n) is 12.5. The molecule has 5 atom stereocenters. The number of piperazine rings is 1. The third-order valence-corrected chi connectivity index (χ3v) is 8.06. The molecule has 4 fully saturated rings. The zero-order valence-corrected chi connectivity index (χ0v) is 19.6. The number of amides is 2. The maximum Gasteiger partial charge on any atom is 0.226 e. The van der Waals surface area contributed by atoms with Gasteiger partial charge in [-0.25, -0.2) is 14.8 Å². The number of rotatable bonds is 3. The van der Waals surface area contributed by atoms with Gasteiger partial charge in [-0.05, 0) is 49.1 Å². The Bertz CT molecular complexity index is 1080. The Kier molecular flexibility index (Phi) is 5.91. The smallest absolute Gasteiger partial charge is 0.226 e. The van der Waals surface area contributed by atoms with Crippen molar-refractivity contribution in [2.75, 3.05) is 31.1 Å². The summed E-state index contributed by atoms with van der Waals surface area (Å²) in [6, 6.07) is 16.4. The van der Waals surface area contributed by atoms with Crippen LogP contribution in [0.3, 0.4) is 0 Å². The second-order valence-electron chi connectivity index (χ2n) is 9.98. The van der Waals surface area contributed by atoms with Crippen LogP contribution in [0.25, 0.3) is 0 Å². The largest absolute Gasteiger partial charge is 0.368 e. The maximum absolute atomic E-state index is 13.5. The molecule has 5 unspecified atom stereocenters.